The number of aryl methyl sites for hydroxylation is 1. The molecule has 8 heteroatoms. The molecule has 0 radical (unpaired) electrons. The predicted molar refractivity (Wildman–Crippen MR) is 97.3 cm³/mol. The molecule has 1 aromatic heterocycles. The number of hydrogen-bond donors (Lipinski definition) is 0. The first-order valence-corrected chi connectivity index (χ1v) is 8.80. The third-order valence-electron chi connectivity index (χ3n) is 3.91. The standard InChI is InChI=1S/C18H17Cl2NO5/c1-11-6-14(8-18(23)25-11)26-13-4-5-21(9-13)17(22)10-24-16-3-2-12(19)7-15(16)20/h2-3,6-8,13H,4-5,9-10H2,1H3/t13-/m1/s1. The van der Waals surface area contributed by atoms with E-state index in [4.69, 9.17) is 37.1 Å². The van der Waals surface area contributed by atoms with Gasteiger partial charge >= 0.3 is 5.63 Å². The van der Waals surface area contributed by atoms with Gasteiger partial charge in [0.15, 0.2) is 6.61 Å². The highest BCUT2D eigenvalue weighted by Crippen LogP contribution is 2.27. The van der Waals surface area contributed by atoms with Crippen molar-refractivity contribution in [2.24, 2.45) is 0 Å². The molecule has 26 heavy (non-hydrogen) atoms. The van der Waals surface area contributed by atoms with Crippen LogP contribution in [0.15, 0.2) is 39.5 Å². The summed E-state index contributed by atoms with van der Waals surface area (Å²) in [5.74, 6) is 1.17. The Bertz CT molecular complexity index is 867. The van der Waals surface area contributed by atoms with E-state index in [1.807, 2.05) is 0 Å². The molecule has 2 heterocycles. The van der Waals surface area contributed by atoms with Crippen LogP contribution in [-0.4, -0.2) is 36.6 Å². The van der Waals surface area contributed by atoms with E-state index in [0.29, 0.717) is 46.8 Å². The van der Waals surface area contributed by atoms with Crippen molar-refractivity contribution >= 4 is 29.1 Å². The summed E-state index contributed by atoms with van der Waals surface area (Å²) in [4.78, 5) is 25.4. The lowest BCUT2D eigenvalue weighted by Crippen LogP contribution is -2.34. The first kappa shape index (κ1) is 18.6. The highest BCUT2D eigenvalue weighted by atomic mass is 35.5. The maximum atomic E-state index is 12.3. The number of nitrogens with zero attached hydrogens (tertiary/aromatic N) is 1. The SMILES string of the molecule is Cc1cc(O[C@@H]2CCN(C(=O)COc3ccc(Cl)cc3Cl)C2)cc(=O)o1. The lowest BCUT2D eigenvalue weighted by molar-refractivity contribution is -0.132. The summed E-state index contributed by atoms with van der Waals surface area (Å²) in [5, 5.41) is 0.851. The normalized spacial score (nSPS) is 16.6. The van der Waals surface area contributed by atoms with Crippen LogP contribution in [0.2, 0.25) is 10.0 Å². The highest BCUT2D eigenvalue weighted by Gasteiger charge is 2.28. The van der Waals surface area contributed by atoms with Crippen LogP contribution in [-0.2, 0) is 4.79 Å². The Hall–Kier alpha value is -2.18. The molecule has 0 spiro atoms. The van der Waals surface area contributed by atoms with Crippen LogP contribution >= 0.6 is 23.2 Å². The Morgan fingerprint density at radius 3 is 2.85 bits per heavy atom. The van der Waals surface area contributed by atoms with Gasteiger partial charge in [0.25, 0.3) is 5.91 Å². The van der Waals surface area contributed by atoms with Gasteiger partial charge < -0.3 is 18.8 Å². The molecule has 1 atom stereocenters. The van der Waals surface area contributed by atoms with Crippen molar-refractivity contribution in [2.75, 3.05) is 19.7 Å². The third-order valence-corrected chi connectivity index (χ3v) is 4.44. The Morgan fingerprint density at radius 1 is 1.31 bits per heavy atom. The van der Waals surface area contributed by atoms with Crippen molar-refractivity contribution in [1.29, 1.82) is 0 Å². The van der Waals surface area contributed by atoms with Crippen molar-refractivity contribution in [3.63, 3.8) is 0 Å². The number of carbonyl (C=O) groups excluding carboxylic acids is 1. The summed E-state index contributed by atoms with van der Waals surface area (Å²) in [6.45, 7) is 2.54. The lowest BCUT2D eigenvalue weighted by atomic mass is 10.3. The maximum absolute atomic E-state index is 12.3. The van der Waals surface area contributed by atoms with Crippen LogP contribution in [0.4, 0.5) is 0 Å². The fraction of sp³-hybridized carbons (Fsp3) is 0.333. The fourth-order valence-electron chi connectivity index (χ4n) is 2.71. The minimum atomic E-state index is -0.459. The van der Waals surface area contributed by atoms with Gasteiger partial charge in [0.2, 0.25) is 0 Å². The summed E-state index contributed by atoms with van der Waals surface area (Å²) in [6, 6.07) is 7.77. The number of likely N-dealkylation sites (tertiary alicyclic amines) is 1. The second kappa shape index (κ2) is 8.01. The monoisotopic (exact) mass is 397 g/mol. The van der Waals surface area contributed by atoms with E-state index in [1.54, 1.807) is 36.1 Å². The summed E-state index contributed by atoms with van der Waals surface area (Å²) < 4.78 is 16.2. The van der Waals surface area contributed by atoms with Crippen LogP contribution < -0.4 is 15.1 Å². The largest absolute Gasteiger partial charge is 0.488 e. The van der Waals surface area contributed by atoms with E-state index < -0.39 is 5.63 Å². The number of ether oxygens (including phenoxy) is 2. The summed E-state index contributed by atoms with van der Waals surface area (Å²) >= 11 is 11.9. The zero-order chi connectivity index (χ0) is 18.7. The van der Waals surface area contributed by atoms with Gasteiger partial charge in [-0.3, -0.25) is 4.79 Å². The highest BCUT2D eigenvalue weighted by molar-refractivity contribution is 6.35. The van der Waals surface area contributed by atoms with Gasteiger partial charge in [-0.2, -0.15) is 0 Å². The molecule has 1 aliphatic rings. The zero-order valence-corrected chi connectivity index (χ0v) is 15.5. The van der Waals surface area contributed by atoms with Crippen molar-refractivity contribution < 1.29 is 18.7 Å². The Balaban J connectivity index is 1.53. The average Bonchev–Trinajstić information content (AvgIpc) is 3.01. The molecular formula is C18H17Cl2NO5. The van der Waals surface area contributed by atoms with Crippen molar-refractivity contribution in [1.82, 2.24) is 4.90 Å². The van der Waals surface area contributed by atoms with Crippen LogP contribution in [0.3, 0.4) is 0 Å². The molecule has 6 nitrogen and oxygen atoms in total. The van der Waals surface area contributed by atoms with Gasteiger partial charge in [-0.1, -0.05) is 23.2 Å². The molecular weight excluding hydrogens is 381 g/mol. The fourth-order valence-corrected chi connectivity index (χ4v) is 3.17. The van der Waals surface area contributed by atoms with Gasteiger partial charge in [-0.05, 0) is 25.1 Å². The van der Waals surface area contributed by atoms with E-state index in [-0.39, 0.29) is 18.6 Å². The number of rotatable bonds is 5. The second-order valence-electron chi connectivity index (χ2n) is 5.95. The van der Waals surface area contributed by atoms with E-state index in [0.717, 1.165) is 0 Å². The predicted octanol–water partition coefficient (Wildman–Crippen LogP) is 3.31. The van der Waals surface area contributed by atoms with E-state index in [1.165, 1.54) is 6.07 Å². The summed E-state index contributed by atoms with van der Waals surface area (Å²) in [5.41, 5.74) is -0.459. The van der Waals surface area contributed by atoms with E-state index in [2.05, 4.69) is 0 Å². The molecule has 1 amide bonds. The van der Waals surface area contributed by atoms with Crippen molar-refractivity contribution in [3.8, 4) is 11.5 Å². The van der Waals surface area contributed by atoms with Crippen LogP contribution in [0.25, 0.3) is 0 Å². The molecule has 0 unspecified atom stereocenters. The second-order valence-corrected chi connectivity index (χ2v) is 6.80. The number of halogens is 2. The average molecular weight is 398 g/mol. The molecule has 1 aromatic carbocycles. The Morgan fingerprint density at radius 2 is 2.12 bits per heavy atom. The van der Waals surface area contributed by atoms with Crippen LogP contribution in [0.1, 0.15) is 12.2 Å². The van der Waals surface area contributed by atoms with Gasteiger partial charge in [0.1, 0.15) is 23.4 Å². The molecule has 3 rings (SSSR count). The van der Waals surface area contributed by atoms with E-state index >= 15 is 0 Å². The van der Waals surface area contributed by atoms with Gasteiger partial charge in [-0.25, -0.2) is 4.79 Å². The van der Waals surface area contributed by atoms with E-state index in [9.17, 15) is 9.59 Å². The number of amides is 1. The van der Waals surface area contributed by atoms with Crippen molar-refractivity contribution in [2.45, 2.75) is 19.4 Å². The summed E-state index contributed by atoms with van der Waals surface area (Å²) in [6.07, 6.45) is 0.492. The molecule has 0 saturated carbocycles. The molecule has 1 aliphatic heterocycles. The molecule has 0 aliphatic carbocycles. The molecule has 1 saturated heterocycles. The van der Waals surface area contributed by atoms with Gasteiger partial charge in [0.05, 0.1) is 17.6 Å². The zero-order valence-electron chi connectivity index (χ0n) is 14.0. The molecule has 0 N–H and O–H groups in total. The number of hydrogen-bond acceptors (Lipinski definition) is 5. The smallest absolute Gasteiger partial charge is 0.339 e. The van der Waals surface area contributed by atoms with Gasteiger partial charge in [-0.15, -0.1) is 0 Å². The summed E-state index contributed by atoms with van der Waals surface area (Å²) in [7, 11) is 0. The maximum Gasteiger partial charge on any atom is 0.339 e. The molecule has 0 bridgehead atoms. The number of benzene rings is 1. The lowest BCUT2D eigenvalue weighted by Gasteiger charge is -2.18. The minimum absolute atomic E-state index is 0.123. The molecule has 2 aromatic rings. The van der Waals surface area contributed by atoms with Crippen LogP contribution in [0.5, 0.6) is 11.5 Å². The quantitative estimate of drug-likeness (QED) is 0.773. The first-order valence-electron chi connectivity index (χ1n) is 8.05. The third kappa shape index (κ3) is 4.71. The van der Waals surface area contributed by atoms with Crippen molar-refractivity contribution in [3.05, 3.63) is 56.6 Å². The Labute approximate surface area is 160 Å². The topological polar surface area (TPSA) is 69.0 Å². The molecule has 1 fully saturated rings. The van der Waals surface area contributed by atoms with Crippen LogP contribution in [0, 0.1) is 6.92 Å². The van der Waals surface area contributed by atoms with Gasteiger partial charge in [0, 0.05) is 24.1 Å². The Kier molecular flexibility index (Phi) is 5.74. The first-order chi connectivity index (χ1) is 12.4. The molecule has 138 valence electrons. The number of carbonyl (C=O) groups is 1. The minimum Gasteiger partial charge on any atom is -0.488 e.